The van der Waals surface area contributed by atoms with Crippen molar-refractivity contribution in [2.75, 3.05) is 38.7 Å². The van der Waals surface area contributed by atoms with Crippen LogP contribution < -0.4 is 10.2 Å². The Hall–Kier alpha value is -3.19. The first-order valence-corrected chi connectivity index (χ1v) is 9.48. The number of hydrogen-bond donors (Lipinski definition) is 2. The zero-order valence-electron chi connectivity index (χ0n) is 16.5. The molecular weight excluding hydrogens is 370 g/mol. The summed E-state index contributed by atoms with van der Waals surface area (Å²) < 4.78 is 0. The van der Waals surface area contributed by atoms with Gasteiger partial charge in [-0.3, -0.25) is 14.4 Å². The van der Waals surface area contributed by atoms with Crippen molar-refractivity contribution in [2.24, 2.45) is 0 Å². The number of carbonyl (C=O) groups is 3. The van der Waals surface area contributed by atoms with Crippen molar-refractivity contribution in [2.45, 2.75) is 12.0 Å². The van der Waals surface area contributed by atoms with Crippen LogP contribution in [0.25, 0.3) is 0 Å². The number of rotatable bonds is 7. The van der Waals surface area contributed by atoms with E-state index in [0.717, 1.165) is 23.7 Å². The normalized spacial score (nSPS) is 14.7. The van der Waals surface area contributed by atoms with Crippen LogP contribution in [0, 0.1) is 0 Å². The van der Waals surface area contributed by atoms with Gasteiger partial charge >= 0.3 is 0 Å². The van der Waals surface area contributed by atoms with Crippen LogP contribution in [0.2, 0.25) is 0 Å². The number of Topliss-reactive ketones (excluding diaryl/α,β-unsaturated/α-hetero) is 1. The first kappa shape index (κ1) is 20.5. The summed E-state index contributed by atoms with van der Waals surface area (Å²) in [7, 11) is 2.76. The second kappa shape index (κ2) is 8.87. The van der Waals surface area contributed by atoms with Crippen LogP contribution in [0.5, 0.6) is 0 Å². The second-order valence-corrected chi connectivity index (χ2v) is 7.12. The summed E-state index contributed by atoms with van der Waals surface area (Å²) >= 11 is 0. The van der Waals surface area contributed by atoms with E-state index in [2.05, 4.69) is 22.3 Å². The largest absolute Gasteiger partial charge is 0.388 e. The van der Waals surface area contributed by atoms with Gasteiger partial charge in [-0.2, -0.15) is 0 Å². The van der Waals surface area contributed by atoms with Crippen LogP contribution in [0.1, 0.15) is 21.8 Å². The number of aliphatic hydroxyl groups excluding tert-OH is 1. The predicted molar refractivity (Wildman–Crippen MR) is 110 cm³/mol. The average Bonchev–Trinajstić information content (AvgIpc) is 2.73. The minimum Gasteiger partial charge on any atom is -0.388 e. The molecular formula is C22H25N3O4. The van der Waals surface area contributed by atoms with E-state index >= 15 is 0 Å². The lowest BCUT2D eigenvalue weighted by atomic mass is 9.91. The number of likely N-dealkylation sites (N-methyl/N-ethyl adjacent to an activating group) is 2. The fourth-order valence-corrected chi connectivity index (χ4v) is 3.52. The molecule has 2 amide bonds. The number of carbonyl (C=O) groups excluding carboxylic acids is 3. The maximum atomic E-state index is 12.7. The van der Waals surface area contributed by atoms with Crippen molar-refractivity contribution < 1.29 is 19.5 Å². The molecule has 1 saturated heterocycles. The molecule has 0 bridgehead atoms. The Kier molecular flexibility index (Phi) is 6.29. The molecule has 29 heavy (non-hydrogen) atoms. The summed E-state index contributed by atoms with van der Waals surface area (Å²) in [4.78, 5) is 39.9. The monoisotopic (exact) mass is 395 g/mol. The van der Waals surface area contributed by atoms with E-state index in [1.54, 1.807) is 12.1 Å². The van der Waals surface area contributed by atoms with E-state index in [1.807, 2.05) is 30.3 Å². The Morgan fingerprint density at radius 3 is 2.28 bits per heavy atom. The molecule has 1 heterocycles. The van der Waals surface area contributed by atoms with Crippen molar-refractivity contribution in [3.05, 3.63) is 65.7 Å². The first-order valence-electron chi connectivity index (χ1n) is 9.48. The topological polar surface area (TPSA) is 90.0 Å². The predicted octanol–water partition coefficient (Wildman–Crippen LogP) is 1.04. The van der Waals surface area contributed by atoms with Crippen molar-refractivity contribution in [1.29, 1.82) is 0 Å². The molecule has 152 valence electrons. The molecule has 0 aliphatic carbocycles. The fraction of sp³-hybridized carbons (Fsp3) is 0.318. The lowest BCUT2D eigenvalue weighted by Crippen LogP contribution is -2.52. The zero-order chi connectivity index (χ0) is 21.0. The van der Waals surface area contributed by atoms with E-state index in [9.17, 15) is 14.4 Å². The minimum atomic E-state index is -1.36. The number of ketones is 1. The average molecular weight is 395 g/mol. The molecule has 2 aromatic rings. The highest BCUT2D eigenvalue weighted by Gasteiger charge is 2.33. The van der Waals surface area contributed by atoms with Gasteiger partial charge in [-0.25, -0.2) is 0 Å². The van der Waals surface area contributed by atoms with Crippen LogP contribution in [-0.4, -0.2) is 67.4 Å². The highest BCUT2D eigenvalue weighted by atomic mass is 16.3. The number of amides is 2. The summed E-state index contributed by atoms with van der Waals surface area (Å²) in [5.74, 6) is -1.33. The van der Waals surface area contributed by atoms with Crippen LogP contribution in [0.3, 0.4) is 0 Å². The molecule has 1 unspecified atom stereocenters. The van der Waals surface area contributed by atoms with Gasteiger partial charge in [-0.05, 0) is 29.8 Å². The highest BCUT2D eigenvalue weighted by molar-refractivity contribution is 6.10. The Labute approximate surface area is 169 Å². The van der Waals surface area contributed by atoms with Gasteiger partial charge in [0, 0.05) is 44.4 Å². The van der Waals surface area contributed by atoms with Gasteiger partial charge in [0.1, 0.15) is 6.61 Å². The Morgan fingerprint density at radius 2 is 1.72 bits per heavy atom. The van der Waals surface area contributed by atoms with E-state index in [-0.39, 0.29) is 0 Å². The van der Waals surface area contributed by atoms with Crippen molar-refractivity contribution in [3.8, 4) is 0 Å². The van der Waals surface area contributed by atoms with Crippen LogP contribution in [-0.2, 0) is 9.59 Å². The number of nitrogens with zero attached hydrogens (tertiary/aromatic N) is 2. The molecule has 1 fully saturated rings. The quantitative estimate of drug-likeness (QED) is 0.684. The summed E-state index contributed by atoms with van der Waals surface area (Å²) in [6.07, 6.45) is 0. The van der Waals surface area contributed by atoms with Gasteiger partial charge in [0.05, 0.1) is 0 Å². The van der Waals surface area contributed by atoms with E-state index in [1.165, 1.54) is 19.7 Å². The molecule has 7 nitrogen and oxygen atoms in total. The van der Waals surface area contributed by atoms with E-state index < -0.39 is 30.2 Å². The SMILES string of the molecule is CNC(=O)C(C(=O)CO)N(C)C(=O)c1ccc(N2CC(c3ccccc3)C2)cc1. The van der Waals surface area contributed by atoms with Gasteiger partial charge in [0.25, 0.3) is 5.91 Å². The zero-order valence-corrected chi connectivity index (χ0v) is 16.5. The van der Waals surface area contributed by atoms with Crippen LogP contribution in [0.4, 0.5) is 5.69 Å². The van der Waals surface area contributed by atoms with Gasteiger partial charge in [-0.1, -0.05) is 30.3 Å². The third kappa shape index (κ3) is 4.30. The number of anilines is 1. The molecule has 7 heteroatoms. The molecule has 1 atom stereocenters. The Balaban J connectivity index is 1.66. The maximum absolute atomic E-state index is 12.7. The maximum Gasteiger partial charge on any atom is 0.254 e. The summed E-state index contributed by atoms with van der Waals surface area (Å²) in [6, 6.07) is 16.1. The van der Waals surface area contributed by atoms with E-state index in [0.29, 0.717) is 11.5 Å². The Morgan fingerprint density at radius 1 is 1.10 bits per heavy atom. The van der Waals surface area contributed by atoms with Crippen molar-refractivity contribution in [3.63, 3.8) is 0 Å². The molecule has 0 saturated carbocycles. The van der Waals surface area contributed by atoms with Gasteiger partial charge in [-0.15, -0.1) is 0 Å². The van der Waals surface area contributed by atoms with Gasteiger partial charge in [0.2, 0.25) is 5.91 Å². The van der Waals surface area contributed by atoms with Crippen molar-refractivity contribution >= 4 is 23.3 Å². The van der Waals surface area contributed by atoms with Crippen LogP contribution in [0.15, 0.2) is 54.6 Å². The van der Waals surface area contributed by atoms with E-state index in [4.69, 9.17) is 5.11 Å². The molecule has 1 aliphatic heterocycles. The smallest absolute Gasteiger partial charge is 0.254 e. The van der Waals surface area contributed by atoms with Crippen molar-refractivity contribution in [1.82, 2.24) is 10.2 Å². The minimum absolute atomic E-state index is 0.371. The highest BCUT2D eigenvalue weighted by Crippen LogP contribution is 2.31. The molecule has 3 rings (SSSR count). The van der Waals surface area contributed by atoms with Crippen LogP contribution >= 0.6 is 0 Å². The summed E-state index contributed by atoms with van der Waals surface area (Å²) in [6.45, 7) is 1.02. The first-order chi connectivity index (χ1) is 14.0. The van der Waals surface area contributed by atoms with Gasteiger partial charge in [0.15, 0.2) is 11.8 Å². The molecule has 2 N–H and O–H groups in total. The number of benzene rings is 2. The molecule has 2 aromatic carbocycles. The third-order valence-electron chi connectivity index (χ3n) is 5.30. The number of nitrogens with one attached hydrogen (secondary N) is 1. The lowest BCUT2D eigenvalue weighted by Gasteiger charge is -2.41. The Bertz CT molecular complexity index is 861. The third-order valence-corrected chi connectivity index (χ3v) is 5.30. The molecule has 0 spiro atoms. The summed E-state index contributed by atoms with van der Waals surface area (Å²) in [5.41, 5.74) is 2.72. The second-order valence-electron chi connectivity index (χ2n) is 7.12. The molecule has 1 aliphatic rings. The number of hydrogen-bond acceptors (Lipinski definition) is 5. The molecule has 0 aromatic heterocycles. The number of aliphatic hydroxyl groups is 1. The standard InChI is InChI=1S/C22H25N3O4/c1-23-21(28)20(19(27)14-26)24(2)22(29)16-8-10-18(11-9-16)25-12-17(13-25)15-6-4-3-5-7-15/h3-11,17,20,26H,12-14H2,1-2H3,(H,23,28). The lowest BCUT2D eigenvalue weighted by molar-refractivity contribution is -0.135. The molecule has 0 radical (unpaired) electrons. The van der Waals surface area contributed by atoms with Gasteiger partial charge < -0.3 is 20.2 Å². The fourth-order valence-electron chi connectivity index (χ4n) is 3.52. The summed E-state index contributed by atoms with van der Waals surface area (Å²) in [5, 5.41) is 11.5.